The van der Waals surface area contributed by atoms with Gasteiger partial charge < -0.3 is 16.0 Å². The van der Waals surface area contributed by atoms with E-state index in [1.807, 2.05) is 0 Å². The van der Waals surface area contributed by atoms with Crippen molar-refractivity contribution in [1.82, 2.24) is 10.6 Å². The molecule has 0 atom stereocenters. The zero-order chi connectivity index (χ0) is 14.1. The second-order valence-corrected chi connectivity index (χ2v) is 4.06. The smallest absolute Gasteiger partial charge is 0.275 e. The number of benzene rings is 1. The van der Waals surface area contributed by atoms with E-state index in [0.29, 0.717) is 18.5 Å². The highest BCUT2D eigenvalue weighted by atomic mass is 19.1. The van der Waals surface area contributed by atoms with Crippen LogP contribution in [0.3, 0.4) is 0 Å². The summed E-state index contributed by atoms with van der Waals surface area (Å²) in [5, 5.41) is 6.76. The Morgan fingerprint density at radius 1 is 1.21 bits per heavy atom. The normalized spacial score (nSPS) is 10.0. The molecule has 0 heterocycles. The highest BCUT2D eigenvalue weighted by molar-refractivity contribution is 5.78. The number of hydrogen-bond donors (Lipinski definition) is 3. The number of halogens is 1. The van der Waals surface area contributed by atoms with Crippen LogP contribution in [0.1, 0.15) is 5.56 Å². The lowest BCUT2D eigenvalue weighted by molar-refractivity contribution is -0.633. The second-order valence-electron chi connectivity index (χ2n) is 4.06. The Morgan fingerprint density at radius 2 is 1.89 bits per heavy atom. The molecule has 19 heavy (non-hydrogen) atoms. The Kier molecular flexibility index (Phi) is 6.52. The van der Waals surface area contributed by atoms with E-state index < -0.39 is 0 Å². The van der Waals surface area contributed by atoms with Gasteiger partial charge in [0.2, 0.25) is 0 Å². The van der Waals surface area contributed by atoms with E-state index in [1.54, 1.807) is 30.6 Å². The molecule has 0 spiro atoms. The fourth-order valence-corrected chi connectivity index (χ4v) is 1.55. The van der Waals surface area contributed by atoms with Gasteiger partial charge in [0.05, 0.1) is 0 Å². The number of nitrogens with two attached hydrogens (primary N) is 1. The molecule has 5 nitrogen and oxygen atoms in total. The largest absolute Gasteiger partial charge is 0.354 e. The van der Waals surface area contributed by atoms with Gasteiger partial charge in [-0.3, -0.25) is 9.59 Å². The minimum Gasteiger partial charge on any atom is -0.354 e. The van der Waals surface area contributed by atoms with Crippen molar-refractivity contribution in [3.8, 4) is 0 Å². The fraction of sp³-hybridized carbons (Fsp3) is 0.385. The molecule has 0 aliphatic rings. The van der Waals surface area contributed by atoms with Crippen LogP contribution in [0.4, 0.5) is 4.39 Å². The number of carbonyl (C=O) groups excluding carboxylic acids is 2. The van der Waals surface area contributed by atoms with E-state index in [1.165, 1.54) is 6.07 Å². The molecule has 0 unspecified atom stereocenters. The third kappa shape index (κ3) is 5.96. The molecule has 1 aromatic carbocycles. The standard InChI is InChI=1S/C13H18FN3O2/c1-15-12(18)8-16-9-13(19)17-7-6-10-4-2-3-5-11(10)14/h2-5,16H,6-9H2,1H3,(H,15,18)(H,17,19)/p+1. The second kappa shape index (κ2) is 8.20. The molecule has 0 aromatic heterocycles. The van der Waals surface area contributed by atoms with E-state index in [9.17, 15) is 14.0 Å². The Morgan fingerprint density at radius 3 is 2.58 bits per heavy atom. The third-order valence-corrected chi connectivity index (χ3v) is 2.61. The van der Waals surface area contributed by atoms with E-state index in [0.717, 1.165) is 0 Å². The van der Waals surface area contributed by atoms with Gasteiger partial charge in [-0.2, -0.15) is 0 Å². The number of rotatable bonds is 7. The molecule has 0 bridgehead atoms. The summed E-state index contributed by atoms with van der Waals surface area (Å²) in [6.07, 6.45) is 0.452. The molecule has 0 fully saturated rings. The van der Waals surface area contributed by atoms with E-state index in [2.05, 4.69) is 10.6 Å². The minimum atomic E-state index is -0.261. The van der Waals surface area contributed by atoms with Crippen LogP contribution in [0, 0.1) is 5.82 Å². The quantitative estimate of drug-likeness (QED) is 0.581. The lowest BCUT2D eigenvalue weighted by Gasteiger charge is -2.05. The molecule has 4 N–H and O–H groups in total. The molecule has 0 radical (unpaired) electrons. The molecule has 0 aliphatic heterocycles. The van der Waals surface area contributed by atoms with Gasteiger partial charge in [0.25, 0.3) is 11.8 Å². The van der Waals surface area contributed by atoms with Gasteiger partial charge in [0.15, 0.2) is 13.1 Å². The van der Waals surface area contributed by atoms with Gasteiger partial charge in [-0.05, 0) is 18.1 Å². The highest BCUT2D eigenvalue weighted by Gasteiger charge is 2.06. The lowest BCUT2D eigenvalue weighted by Crippen LogP contribution is -2.88. The van der Waals surface area contributed by atoms with E-state index in [-0.39, 0.29) is 30.7 Å². The molecule has 6 heteroatoms. The Bertz CT molecular complexity index is 438. The van der Waals surface area contributed by atoms with Crippen LogP contribution in [0.2, 0.25) is 0 Å². The highest BCUT2D eigenvalue weighted by Crippen LogP contribution is 2.05. The van der Waals surface area contributed by atoms with Crippen molar-refractivity contribution >= 4 is 11.8 Å². The maximum absolute atomic E-state index is 13.3. The molecule has 104 valence electrons. The SMILES string of the molecule is CNC(=O)C[NH2+]CC(=O)NCCc1ccccc1F. The van der Waals surface area contributed by atoms with Crippen molar-refractivity contribution in [3.05, 3.63) is 35.6 Å². The van der Waals surface area contributed by atoms with Crippen molar-refractivity contribution in [2.24, 2.45) is 0 Å². The van der Waals surface area contributed by atoms with Crippen LogP contribution >= 0.6 is 0 Å². The number of hydrogen-bond acceptors (Lipinski definition) is 2. The maximum atomic E-state index is 13.3. The number of carbonyl (C=O) groups is 2. The van der Waals surface area contributed by atoms with Crippen molar-refractivity contribution in [2.75, 3.05) is 26.7 Å². The maximum Gasteiger partial charge on any atom is 0.275 e. The van der Waals surface area contributed by atoms with Crippen LogP contribution in [-0.2, 0) is 16.0 Å². The molecule has 2 amide bonds. The summed E-state index contributed by atoms with van der Waals surface area (Å²) in [6, 6.07) is 6.48. The molecule has 0 saturated heterocycles. The van der Waals surface area contributed by atoms with Crippen molar-refractivity contribution < 1.29 is 19.3 Å². The minimum absolute atomic E-state index is 0.126. The third-order valence-electron chi connectivity index (χ3n) is 2.61. The van der Waals surface area contributed by atoms with Gasteiger partial charge >= 0.3 is 0 Å². The van der Waals surface area contributed by atoms with Gasteiger partial charge in [-0.15, -0.1) is 0 Å². The van der Waals surface area contributed by atoms with Crippen LogP contribution < -0.4 is 16.0 Å². The van der Waals surface area contributed by atoms with Crippen LogP contribution in [0.25, 0.3) is 0 Å². The van der Waals surface area contributed by atoms with Gasteiger partial charge in [-0.1, -0.05) is 18.2 Å². The summed E-state index contributed by atoms with van der Waals surface area (Å²) in [6.45, 7) is 0.787. The predicted octanol–water partition coefficient (Wildman–Crippen LogP) is -1.21. The predicted molar refractivity (Wildman–Crippen MR) is 68.8 cm³/mol. The van der Waals surface area contributed by atoms with E-state index in [4.69, 9.17) is 0 Å². The van der Waals surface area contributed by atoms with Crippen LogP contribution in [0.5, 0.6) is 0 Å². The summed E-state index contributed by atoms with van der Waals surface area (Å²) >= 11 is 0. The first-order valence-corrected chi connectivity index (χ1v) is 6.16. The van der Waals surface area contributed by atoms with Gasteiger partial charge in [-0.25, -0.2) is 4.39 Å². The van der Waals surface area contributed by atoms with Crippen molar-refractivity contribution in [1.29, 1.82) is 0 Å². The summed E-state index contributed by atoms with van der Waals surface area (Å²) in [5.74, 6) is -0.553. The number of nitrogens with one attached hydrogen (secondary N) is 2. The van der Waals surface area contributed by atoms with Gasteiger partial charge in [0.1, 0.15) is 5.82 Å². The van der Waals surface area contributed by atoms with Crippen molar-refractivity contribution in [2.45, 2.75) is 6.42 Å². The average molecular weight is 268 g/mol. The zero-order valence-corrected chi connectivity index (χ0v) is 10.9. The summed E-state index contributed by atoms with van der Waals surface area (Å²) in [7, 11) is 1.55. The molecular weight excluding hydrogens is 249 g/mol. The first kappa shape index (κ1) is 15.1. The zero-order valence-electron chi connectivity index (χ0n) is 10.9. The van der Waals surface area contributed by atoms with Crippen LogP contribution in [0.15, 0.2) is 24.3 Å². The summed E-state index contributed by atoms with van der Waals surface area (Å²) < 4.78 is 13.3. The number of likely N-dealkylation sites (N-methyl/N-ethyl adjacent to an activating group) is 1. The summed E-state index contributed by atoms with van der Waals surface area (Å²) in [4.78, 5) is 22.3. The monoisotopic (exact) mass is 268 g/mol. The lowest BCUT2D eigenvalue weighted by atomic mass is 10.1. The Hall–Kier alpha value is -1.95. The first-order chi connectivity index (χ1) is 9.13. The molecule has 1 rings (SSSR count). The number of quaternary nitrogens is 1. The first-order valence-electron chi connectivity index (χ1n) is 6.16. The molecule has 0 saturated carbocycles. The number of amides is 2. The topological polar surface area (TPSA) is 74.8 Å². The fourth-order valence-electron chi connectivity index (χ4n) is 1.55. The Balaban J connectivity index is 2.17. The summed E-state index contributed by atoms with van der Waals surface area (Å²) in [5.41, 5.74) is 0.581. The Labute approximate surface area is 111 Å². The van der Waals surface area contributed by atoms with E-state index >= 15 is 0 Å². The molecule has 0 aliphatic carbocycles. The average Bonchev–Trinajstić information content (AvgIpc) is 2.40. The van der Waals surface area contributed by atoms with Gasteiger partial charge in [0, 0.05) is 13.6 Å². The van der Waals surface area contributed by atoms with Crippen LogP contribution in [-0.4, -0.2) is 38.5 Å². The molecule has 1 aromatic rings. The van der Waals surface area contributed by atoms with Crippen molar-refractivity contribution in [3.63, 3.8) is 0 Å². The molecular formula is C13H19FN3O2+.